The molecule has 0 saturated carbocycles. The molecule has 4 nitrogen and oxygen atoms in total. The van der Waals surface area contributed by atoms with Crippen LogP contribution in [-0.2, 0) is 0 Å². The van der Waals surface area contributed by atoms with Gasteiger partial charge in [-0.1, -0.05) is 12.1 Å². The quantitative estimate of drug-likeness (QED) is 0.836. The number of nitrogens with zero attached hydrogens (tertiary/aromatic N) is 3. The molecule has 0 amide bonds. The third-order valence-electron chi connectivity index (χ3n) is 3.37. The fourth-order valence-corrected chi connectivity index (χ4v) is 2.50. The fourth-order valence-electron chi connectivity index (χ4n) is 2.50. The van der Waals surface area contributed by atoms with E-state index in [2.05, 4.69) is 9.98 Å². The molecule has 2 aliphatic rings. The van der Waals surface area contributed by atoms with Crippen LogP contribution in [-0.4, -0.2) is 36.8 Å². The summed E-state index contributed by atoms with van der Waals surface area (Å²) in [6.07, 6.45) is -1.08. The predicted molar refractivity (Wildman–Crippen MR) is 67.9 cm³/mol. The van der Waals surface area contributed by atoms with Crippen LogP contribution in [0.5, 0.6) is 5.75 Å². The number of halogens is 3. The van der Waals surface area contributed by atoms with E-state index < -0.39 is 18.3 Å². The Kier molecular flexibility index (Phi) is 3.33. The minimum atomic E-state index is -2.69. The summed E-state index contributed by atoms with van der Waals surface area (Å²) in [4.78, 5) is 8.96. The van der Waals surface area contributed by atoms with Gasteiger partial charge < -0.3 is 9.64 Å². The normalized spacial score (nSPS) is 21.5. The number of ether oxygens (including phenoxy) is 1. The molecule has 2 heterocycles. The summed E-state index contributed by atoms with van der Waals surface area (Å²) in [5, 5.41) is 0. The van der Waals surface area contributed by atoms with Crippen molar-refractivity contribution < 1.29 is 17.9 Å². The lowest BCUT2D eigenvalue weighted by Crippen LogP contribution is -2.42. The van der Waals surface area contributed by atoms with E-state index in [4.69, 9.17) is 4.74 Å². The minimum absolute atomic E-state index is 0.0871. The molecule has 20 heavy (non-hydrogen) atoms. The molecule has 3 rings (SSSR count). The van der Waals surface area contributed by atoms with Crippen LogP contribution in [0.25, 0.3) is 0 Å². The van der Waals surface area contributed by atoms with Gasteiger partial charge in [0.15, 0.2) is 17.4 Å². The van der Waals surface area contributed by atoms with E-state index in [-0.39, 0.29) is 24.9 Å². The zero-order valence-corrected chi connectivity index (χ0v) is 10.5. The highest BCUT2D eigenvalue weighted by Gasteiger charge is 2.34. The van der Waals surface area contributed by atoms with E-state index >= 15 is 0 Å². The van der Waals surface area contributed by atoms with Crippen LogP contribution < -0.4 is 4.74 Å². The summed E-state index contributed by atoms with van der Waals surface area (Å²) in [7, 11) is 0. The maximum Gasteiger partial charge on any atom is 0.295 e. The molecule has 2 aliphatic heterocycles. The average Bonchev–Trinajstić information content (AvgIpc) is 2.47. The first-order valence-corrected chi connectivity index (χ1v) is 6.20. The number of rotatable bonds is 2. The van der Waals surface area contributed by atoms with Crippen LogP contribution in [0.4, 0.5) is 13.2 Å². The SMILES string of the molecule is Fc1cccc2c1OCC[C@H]2N1CN=CN=C1C(F)F. The molecule has 0 N–H and O–H groups in total. The van der Waals surface area contributed by atoms with Crippen LogP contribution in [0.1, 0.15) is 18.0 Å². The van der Waals surface area contributed by atoms with Crippen molar-refractivity contribution in [2.24, 2.45) is 9.98 Å². The fraction of sp³-hybridized carbons (Fsp3) is 0.385. The second-order valence-corrected chi connectivity index (χ2v) is 4.51. The first-order chi connectivity index (χ1) is 9.68. The van der Waals surface area contributed by atoms with Crippen molar-refractivity contribution in [3.63, 3.8) is 0 Å². The van der Waals surface area contributed by atoms with Crippen molar-refractivity contribution in [2.45, 2.75) is 18.9 Å². The molecule has 0 fully saturated rings. The monoisotopic (exact) mass is 283 g/mol. The van der Waals surface area contributed by atoms with Gasteiger partial charge in [-0.15, -0.1) is 0 Å². The van der Waals surface area contributed by atoms with Gasteiger partial charge in [0.2, 0.25) is 0 Å². The van der Waals surface area contributed by atoms with E-state index in [1.165, 1.54) is 11.0 Å². The predicted octanol–water partition coefficient (Wildman–Crippen LogP) is 2.61. The molecule has 0 saturated heterocycles. The highest BCUT2D eigenvalue weighted by Crippen LogP contribution is 2.38. The molecular weight excluding hydrogens is 271 g/mol. The van der Waals surface area contributed by atoms with Gasteiger partial charge in [-0.25, -0.2) is 18.2 Å². The maximum atomic E-state index is 13.7. The molecular formula is C13H12F3N3O. The summed E-state index contributed by atoms with van der Waals surface area (Å²) < 4.78 is 45.1. The van der Waals surface area contributed by atoms with E-state index in [0.29, 0.717) is 12.0 Å². The number of benzene rings is 1. The number of para-hydroxylation sites is 1. The van der Waals surface area contributed by atoms with Gasteiger partial charge in [-0.05, 0) is 6.07 Å². The number of amidine groups is 1. The van der Waals surface area contributed by atoms with Gasteiger partial charge >= 0.3 is 0 Å². The molecule has 0 spiro atoms. The van der Waals surface area contributed by atoms with Crippen molar-refractivity contribution in [1.82, 2.24) is 4.90 Å². The summed E-state index contributed by atoms with van der Waals surface area (Å²) in [5.74, 6) is -0.683. The maximum absolute atomic E-state index is 13.7. The highest BCUT2D eigenvalue weighted by atomic mass is 19.3. The average molecular weight is 283 g/mol. The highest BCUT2D eigenvalue weighted by molar-refractivity contribution is 5.92. The van der Waals surface area contributed by atoms with Gasteiger partial charge in [0.05, 0.1) is 12.6 Å². The van der Waals surface area contributed by atoms with Crippen molar-refractivity contribution >= 4 is 12.2 Å². The molecule has 0 radical (unpaired) electrons. The first kappa shape index (κ1) is 13.0. The van der Waals surface area contributed by atoms with Crippen molar-refractivity contribution in [2.75, 3.05) is 13.3 Å². The lowest BCUT2D eigenvalue weighted by atomic mass is 9.98. The van der Waals surface area contributed by atoms with Crippen LogP contribution in [0.2, 0.25) is 0 Å². The third-order valence-corrected chi connectivity index (χ3v) is 3.37. The molecule has 7 heteroatoms. The third kappa shape index (κ3) is 2.13. The van der Waals surface area contributed by atoms with E-state index in [1.807, 2.05) is 0 Å². The molecule has 106 valence electrons. The lowest BCUT2D eigenvalue weighted by Gasteiger charge is -2.37. The second-order valence-electron chi connectivity index (χ2n) is 4.51. The Balaban J connectivity index is 1.99. The number of fused-ring (bicyclic) bond motifs is 1. The van der Waals surface area contributed by atoms with Gasteiger partial charge in [0.25, 0.3) is 6.43 Å². The van der Waals surface area contributed by atoms with Gasteiger partial charge in [0, 0.05) is 12.0 Å². The number of alkyl halides is 2. The topological polar surface area (TPSA) is 37.2 Å². The summed E-state index contributed by atoms with van der Waals surface area (Å²) in [6.45, 7) is 0.360. The van der Waals surface area contributed by atoms with E-state index in [9.17, 15) is 13.2 Å². The molecule has 0 unspecified atom stereocenters. The standard InChI is InChI=1S/C13H12F3N3O/c14-9-3-1-2-8-10(4-5-20-11(8)9)19-7-17-6-18-13(19)12(15)16/h1-3,6,10,12H,4-5,7H2/t10-/m1/s1. The summed E-state index contributed by atoms with van der Waals surface area (Å²) >= 11 is 0. The Morgan fingerprint density at radius 2 is 2.20 bits per heavy atom. The molecule has 1 aromatic rings. The smallest absolute Gasteiger partial charge is 0.295 e. The summed E-state index contributed by atoms with van der Waals surface area (Å²) in [6, 6.07) is 4.11. The first-order valence-electron chi connectivity index (χ1n) is 6.20. The Morgan fingerprint density at radius 3 is 3.00 bits per heavy atom. The summed E-state index contributed by atoms with van der Waals surface area (Å²) in [5.41, 5.74) is 0.557. The Bertz CT molecular complexity index is 574. The van der Waals surface area contributed by atoms with Crippen molar-refractivity contribution in [1.29, 1.82) is 0 Å². The molecule has 1 atom stereocenters. The number of hydrogen-bond acceptors (Lipinski definition) is 4. The Hall–Kier alpha value is -2.05. The van der Waals surface area contributed by atoms with Crippen molar-refractivity contribution in [3.8, 4) is 5.75 Å². The Morgan fingerprint density at radius 1 is 1.35 bits per heavy atom. The zero-order chi connectivity index (χ0) is 14.1. The largest absolute Gasteiger partial charge is 0.490 e. The molecule has 0 bridgehead atoms. The molecule has 0 aromatic heterocycles. The second kappa shape index (κ2) is 5.15. The van der Waals surface area contributed by atoms with Crippen LogP contribution in [0.15, 0.2) is 28.2 Å². The van der Waals surface area contributed by atoms with Gasteiger partial charge in [-0.2, -0.15) is 0 Å². The van der Waals surface area contributed by atoms with Crippen molar-refractivity contribution in [3.05, 3.63) is 29.6 Å². The van der Waals surface area contributed by atoms with Gasteiger partial charge in [0.1, 0.15) is 13.0 Å². The molecule has 0 aliphatic carbocycles. The van der Waals surface area contributed by atoms with Crippen LogP contribution >= 0.6 is 0 Å². The number of aliphatic imine (C=N–C) groups is 2. The lowest BCUT2D eigenvalue weighted by molar-refractivity contribution is 0.158. The van der Waals surface area contributed by atoms with E-state index in [1.54, 1.807) is 12.1 Å². The van der Waals surface area contributed by atoms with Crippen LogP contribution in [0.3, 0.4) is 0 Å². The zero-order valence-electron chi connectivity index (χ0n) is 10.5. The minimum Gasteiger partial charge on any atom is -0.490 e. The van der Waals surface area contributed by atoms with E-state index in [0.717, 1.165) is 6.34 Å². The number of hydrogen-bond donors (Lipinski definition) is 0. The van der Waals surface area contributed by atoms with Crippen LogP contribution in [0, 0.1) is 5.82 Å². The molecule has 1 aromatic carbocycles. The Labute approximate surface area is 113 Å². The van der Waals surface area contributed by atoms with Gasteiger partial charge in [-0.3, -0.25) is 4.99 Å².